The molecule has 134 valence electrons. The number of aromatic nitrogens is 4. The smallest absolute Gasteiger partial charge is 0.290 e. The average Bonchev–Trinajstić information content (AvgIpc) is 2.82. The molecule has 1 amide bonds. The summed E-state index contributed by atoms with van der Waals surface area (Å²) in [7, 11) is 0. The first-order valence-electron chi connectivity index (χ1n) is 8.24. The number of aryl methyl sites for hydroxylation is 1. The summed E-state index contributed by atoms with van der Waals surface area (Å²) in [6.07, 6.45) is 6.30. The zero-order chi connectivity index (χ0) is 17.6. The van der Waals surface area contributed by atoms with Gasteiger partial charge in [0.1, 0.15) is 16.7 Å². The van der Waals surface area contributed by atoms with Crippen LogP contribution < -0.4 is 5.32 Å². The molecule has 6 nitrogen and oxygen atoms in total. The molecule has 3 heterocycles. The van der Waals surface area contributed by atoms with Crippen molar-refractivity contribution in [3.05, 3.63) is 35.5 Å². The summed E-state index contributed by atoms with van der Waals surface area (Å²) in [6, 6.07) is 3.05. The average molecular weight is 367 g/mol. The fourth-order valence-corrected chi connectivity index (χ4v) is 3.43. The highest BCUT2D eigenvalue weighted by Gasteiger charge is 2.18. The van der Waals surface area contributed by atoms with Gasteiger partial charge in [-0.25, -0.2) is 4.98 Å². The molecule has 3 rings (SSSR count). The van der Waals surface area contributed by atoms with Crippen LogP contribution in [-0.2, 0) is 19.4 Å². The maximum Gasteiger partial charge on any atom is 0.290 e. The monoisotopic (exact) mass is 367 g/mol. The summed E-state index contributed by atoms with van der Waals surface area (Å²) < 4.78 is 27.3. The van der Waals surface area contributed by atoms with Crippen LogP contribution >= 0.6 is 11.8 Å². The summed E-state index contributed by atoms with van der Waals surface area (Å²) in [6.45, 7) is 1.27. The third kappa shape index (κ3) is 4.53. The van der Waals surface area contributed by atoms with Crippen molar-refractivity contribution in [1.29, 1.82) is 0 Å². The van der Waals surface area contributed by atoms with Crippen molar-refractivity contribution >= 4 is 17.7 Å². The van der Waals surface area contributed by atoms with Crippen LogP contribution in [-0.4, -0.2) is 38.0 Å². The second-order valence-corrected chi connectivity index (χ2v) is 6.71. The van der Waals surface area contributed by atoms with Crippen molar-refractivity contribution in [3.8, 4) is 0 Å². The van der Waals surface area contributed by atoms with Crippen molar-refractivity contribution in [2.24, 2.45) is 0 Å². The molecule has 0 fully saturated rings. The molecule has 2 aromatic rings. The number of alkyl halides is 2. The second-order valence-electron chi connectivity index (χ2n) is 5.74. The van der Waals surface area contributed by atoms with Crippen molar-refractivity contribution < 1.29 is 13.6 Å². The molecule has 0 aromatic carbocycles. The third-order valence-corrected chi connectivity index (χ3v) is 4.76. The Bertz CT molecular complexity index is 737. The molecular weight excluding hydrogens is 348 g/mol. The zero-order valence-electron chi connectivity index (χ0n) is 13.6. The number of thioether (sulfide) groups is 1. The number of nitrogens with zero attached hydrogens (tertiary/aromatic N) is 4. The molecule has 0 radical (unpaired) electrons. The van der Waals surface area contributed by atoms with Crippen LogP contribution in [0.25, 0.3) is 0 Å². The van der Waals surface area contributed by atoms with Gasteiger partial charge in [0, 0.05) is 32.1 Å². The van der Waals surface area contributed by atoms with E-state index in [0.29, 0.717) is 13.0 Å². The van der Waals surface area contributed by atoms with E-state index >= 15 is 0 Å². The number of rotatable bonds is 6. The van der Waals surface area contributed by atoms with Crippen LogP contribution in [0.15, 0.2) is 23.4 Å². The molecular formula is C16H19F2N5OS. The number of pyridine rings is 1. The van der Waals surface area contributed by atoms with Crippen molar-refractivity contribution in [3.63, 3.8) is 0 Å². The van der Waals surface area contributed by atoms with Gasteiger partial charge in [-0.2, -0.15) is 8.78 Å². The number of carbonyl (C=O) groups excluding carboxylic acids is 1. The number of nitrogens with one attached hydrogen (secondary N) is 1. The minimum absolute atomic E-state index is 0.0337. The van der Waals surface area contributed by atoms with Gasteiger partial charge in [0.2, 0.25) is 0 Å². The van der Waals surface area contributed by atoms with Crippen molar-refractivity contribution in [2.75, 3.05) is 6.54 Å². The Kier molecular flexibility index (Phi) is 5.95. The van der Waals surface area contributed by atoms with Crippen molar-refractivity contribution in [2.45, 2.75) is 49.4 Å². The van der Waals surface area contributed by atoms with Gasteiger partial charge in [0.15, 0.2) is 0 Å². The number of carbonyl (C=O) groups is 1. The van der Waals surface area contributed by atoms with Gasteiger partial charge in [0.25, 0.3) is 11.7 Å². The van der Waals surface area contributed by atoms with Crippen molar-refractivity contribution in [1.82, 2.24) is 25.1 Å². The number of fused-ring (bicyclic) bond motifs is 1. The van der Waals surface area contributed by atoms with Gasteiger partial charge in [-0.05, 0) is 36.7 Å². The summed E-state index contributed by atoms with van der Waals surface area (Å²) in [5.74, 6) is -1.17. The van der Waals surface area contributed by atoms with E-state index in [9.17, 15) is 13.6 Å². The highest BCUT2D eigenvalue weighted by molar-refractivity contribution is 7.99. The Morgan fingerprint density at radius 3 is 3.04 bits per heavy atom. The first kappa shape index (κ1) is 17.8. The minimum atomic E-state index is -2.62. The Morgan fingerprint density at radius 2 is 2.20 bits per heavy atom. The SMILES string of the molecule is O=C(NCCc1nnc2n1CCCCC2)c1cccnc1SC(F)F. The van der Waals surface area contributed by atoms with E-state index in [1.54, 1.807) is 6.07 Å². The largest absolute Gasteiger partial charge is 0.352 e. The summed E-state index contributed by atoms with van der Waals surface area (Å²) in [5.41, 5.74) is 0.160. The molecule has 1 aliphatic rings. The normalized spacial score (nSPS) is 14.2. The van der Waals surface area contributed by atoms with E-state index in [0.717, 1.165) is 37.5 Å². The van der Waals surface area contributed by atoms with Gasteiger partial charge in [-0.3, -0.25) is 4.79 Å². The van der Waals surface area contributed by atoms with E-state index < -0.39 is 11.7 Å². The second kappa shape index (κ2) is 8.37. The molecule has 1 N–H and O–H groups in total. The Hall–Kier alpha value is -2.03. The molecule has 2 aromatic heterocycles. The summed E-state index contributed by atoms with van der Waals surface area (Å²) in [5, 5.41) is 11.2. The van der Waals surface area contributed by atoms with Crippen LogP contribution in [0.1, 0.15) is 41.3 Å². The lowest BCUT2D eigenvalue weighted by atomic mass is 10.2. The standard InChI is InChI=1S/C16H19F2N5OS/c17-16(18)25-15-11(5-4-8-20-15)14(24)19-9-7-13-22-21-12-6-2-1-3-10-23(12)13/h4-5,8,16H,1-3,6-7,9-10H2,(H,19,24). The third-order valence-electron chi connectivity index (χ3n) is 4.04. The maximum absolute atomic E-state index is 12.6. The van der Waals surface area contributed by atoms with E-state index in [1.807, 2.05) is 0 Å². The fourth-order valence-electron chi connectivity index (χ4n) is 2.86. The van der Waals surface area contributed by atoms with Crippen LogP contribution in [0.2, 0.25) is 0 Å². The quantitative estimate of drug-likeness (QED) is 0.795. The number of hydrogen-bond donors (Lipinski definition) is 1. The van der Waals surface area contributed by atoms with Gasteiger partial charge in [-0.15, -0.1) is 10.2 Å². The predicted molar refractivity (Wildman–Crippen MR) is 89.7 cm³/mol. The number of amides is 1. The molecule has 0 spiro atoms. The summed E-state index contributed by atoms with van der Waals surface area (Å²) >= 11 is 0.274. The Balaban J connectivity index is 1.60. The molecule has 9 heteroatoms. The predicted octanol–water partition coefficient (Wildman–Crippen LogP) is 2.69. The van der Waals surface area contributed by atoms with Crippen LogP contribution in [0, 0.1) is 0 Å². The first-order chi connectivity index (χ1) is 12.1. The molecule has 0 aliphatic carbocycles. The fraction of sp³-hybridized carbons (Fsp3) is 0.500. The lowest BCUT2D eigenvalue weighted by Crippen LogP contribution is -2.27. The highest BCUT2D eigenvalue weighted by Crippen LogP contribution is 2.26. The number of hydrogen-bond acceptors (Lipinski definition) is 5. The maximum atomic E-state index is 12.6. The van der Waals surface area contributed by atoms with Crippen LogP contribution in [0.4, 0.5) is 8.78 Å². The molecule has 0 bridgehead atoms. The Morgan fingerprint density at radius 1 is 1.32 bits per heavy atom. The summed E-state index contributed by atoms with van der Waals surface area (Å²) in [4.78, 5) is 16.1. The molecule has 25 heavy (non-hydrogen) atoms. The van der Waals surface area contributed by atoms with Gasteiger partial charge in [-0.1, -0.05) is 6.42 Å². The van der Waals surface area contributed by atoms with Gasteiger partial charge >= 0.3 is 0 Å². The van der Waals surface area contributed by atoms with E-state index in [-0.39, 0.29) is 22.4 Å². The highest BCUT2D eigenvalue weighted by atomic mass is 32.2. The van der Waals surface area contributed by atoms with E-state index in [4.69, 9.17) is 0 Å². The van der Waals surface area contributed by atoms with E-state index in [2.05, 4.69) is 25.1 Å². The lowest BCUT2D eigenvalue weighted by molar-refractivity contribution is 0.0950. The Labute approximate surface area is 148 Å². The molecule has 1 aliphatic heterocycles. The zero-order valence-corrected chi connectivity index (χ0v) is 14.4. The van der Waals surface area contributed by atoms with Gasteiger partial charge < -0.3 is 9.88 Å². The number of halogens is 2. The molecule has 0 saturated heterocycles. The van der Waals surface area contributed by atoms with Gasteiger partial charge in [0.05, 0.1) is 5.56 Å². The van der Waals surface area contributed by atoms with Crippen LogP contribution in [0.5, 0.6) is 0 Å². The van der Waals surface area contributed by atoms with Crippen LogP contribution in [0.3, 0.4) is 0 Å². The van der Waals surface area contributed by atoms with E-state index in [1.165, 1.54) is 18.7 Å². The topological polar surface area (TPSA) is 72.7 Å². The molecule has 0 unspecified atom stereocenters. The minimum Gasteiger partial charge on any atom is -0.352 e. The molecule has 0 atom stereocenters. The first-order valence-corrected chi connectivity index (χ1v) is 9.12. The lowest BCUT2D eigenvalue weighted by Gasteiger charge is -2.09. The molecule has 0 saturated carbocycles.